The Balaban J connectivity index is -0.000000274. The van der Waals surface area contributed by atoms with Crippen molar-refractivity contribution in [1.29, 1.82) is 0 Å². The first-order valence-electron chi connectivity index (χ1n) is 14.9. The zero-order chi connectivity index (χ0) is 35.8. The highest BCUT2D eigenvalue weighted by molar-refractivity contribution is 8.03. The van der Waals surface area contributed by atoms with E-state index in [9.17, 15) is 31.8 Å². The van der Waals surface area contributed by atoms with E-state index in [0.717, 1.165) is 38.5 Å². The average molecular weight is 707 g/mol. The maximum absolute atomic E-state index is 12.0. The van der Waals surface area contributed by atoms with Crippen LogP contribution in [0.3, 0.4) is 0 Å². The van der Waals surface area contributed by atoms with E-state index >= 15 is 0 Å². The molecule has 0 aromatic rings. The Morgan fingerprint density at radius 3 is 2.29 bits per heavy atom. The molecule has 1 saturated heterocycles. The Hall–Kier alpha value is -1.41. The smallest absolute Gasteiger partial charge is 0.467 e. The van der Waals surface area contributed by atoms with Gasteiger partial charge < -0.3 is 20.1 Å². The predicted molar refractivity (Wildman–Crippen MR) is 182 cm³/mol. The van der Waals surface area contributed by atoms with Gasteiger partial charge in [-0.25, -0.2) is 16.7 Å². The zero-order valence-corrected chi connectivity index (χ0v) is 30.5. The molecule has 1 saturated carbocycles. The molecule has 2 radical (unpaired) electrons. The molecule has 1 heterocycles. The van der Waals surface area contributed by atoms with Gasteiger partial charge in [-0.15, -0.1) is 5.92 Å². The number of aliphatic hydroxyl groups excluding tert-OH is 1. The minimum absolute atomic E-state index is 0.0211. The van der Waals surface area contributed by atoms with E-state index in [4.69, 9.17) is 9.29 Å². The summed E-state index contributed by atoms with van der Waals surface area (Å²) in [5.41, 5.74) is 0. The molecule has 2 fully saturated rings. The second-order valence-corrected chi connectivity index (χ2v) is 11.3. The summed E-state index contributed by atoms with van der Waals surface area (Å²) in [5.74, 6) is 5.03. The van der Waals surface area contributed by atoms with E-state index in [1.54, 1.807) is 17.1 Å². The number of rotatable bonds is 12. The number of ether oxygens (including phenoxy) is 1. The molecule has 2 amide bonds. The first-order chi connectivity index (χ1) is 21.4. The Kier molecular flexibility index (Phi) is 38.1. The average Bonchev–Trinajstić information content (AvgIpc) is 3.69. The number of carbonyl (C=O) groups is 3. The lowest BCUT2D eigenvalue weighted by atomic mass is 10.2. The quantitative estimate of drug-likeness (QED) is 0.0864. The van der Waals surface area contributed by atoms with Gasteiger partial charge in [-0.3, -0.25) is 18.6 Å². The van der Waals surface area contributed by atoms with Crippen LogP contribution in [0.4, 0.5) is 13.2 Å². The van der Waals surface area contributed by atoms with Crippen LogP contribution in [0.2, 0.25) is 0 Å². The summed E-state index contributed by atoms with van der Waals surface area (Å²) >= 11 is 3.58. The number of hydrogen-bond donors (Lipinski definition) is 3. The lowest BCUT2D eigenvalue weighted by Crippen LogP contribution is -2.51. The van der Waals surface area contributed by atoms with Gasteiger partial charge in [0.1, 0.15) is 12.6 Å². The molecular formula is C29H54BF3N2O7S3. The van der Waals surface area contributed by atoms with Crippen molar-refractivity contribution in [2.45, 2.75) is 110 Å². The molecule has 5 atom stereocenters. The number of amides is 2. The van der Waals surface area contributed by atoms with E-state index < -0.39 is 35.1 Å². The van der Waals surface area contributed by atoms with Crippen molar-refractivity contribution in [3.8, 4) is 11.8 Å². The number of halogens is 3. The van der Waals surface area contributed by atoms with Gasteiger partial charge in [0.05, 0.1) is 11.9 Å². The second kappa shape index (κ2) is 33.9. The molecule has 5 unspecified atom stereocenters. The van der Waals surface area contributed by atoms with Gasteiger partial charge in [-0.2, -0.15) is 24.9 Å². The second-order valence-electron chi connectivity index (χ2n) is 9.00. The van der Waals surface area contributed by atoms with Crippen LogP contribution in [-0.2, 0) is 34.4 Å². The van der Waals surface area contributed by atoms with Gasteiger partial charge in [-0.05, 0) is 52.7 Å². The summed E-state index contributed by atoms with van der Waals surface area (Å²) in [6.45, 7) is 13.2. The molecule has 1 aliphatic carbocycles. The van der Waals surface area contributed by atoms with E-state index in [2.05, 4.69) is 43.1 Å². The minimum Gasteiger partial charge on any atom is -0.467 e. The van der Waals surface area contributed by atoms with Crippen LogP contribution in [0, 0.1) is 17.8 Å². The number of carbonyl (C=O) groups excluding carboxylic acids is 3. The molecule has 2 rings (SSSR count). The first-order valence-corrected chi connectivity index (χ1v) is 17.9. The highest BCUT2D eigenvalue weighted by Gasteiger charge is 2.42. The number of likely N-dealkylation sites (tertiary alicyclic amines) is 1. The van der Waals surface area contributed by atoms with Gasteiger partial charge in [-0.1, -0.05) is 39.5 Å². The van der Waals surface area contributed by atoms with Crippen LogP contribution >= 0.6 is 24.2 Å². The topological polar surface area (TPSA) is 122 Å². The molecular weight excluding hydrogens is 652 g/mol. The largest absolute Gasteiger partial charge is 0.471 e. The maximum Gasteiger partial charge on any atom is 0.471 e. The molecule has 2 aliphatic rings. The number of aliphatic hydroxyl groups is 1. The summed E-state index contributed by atoms with van der Waals surface area (Å²) in [5, 5.41) is 8.85. The summed E-state index contributed by atoms with van der Waals surface area (Å²) in [6.07, 6.45) is 4.31. The van der Waals surface area contributed by atoms with Gasteiger partial charge >= 0.3 is 12.1 Å². The highest BCUT2D eigenvalue weighted by atomic mass is 32.2. The Bertz CT molecular complexity index is 835. The molecule has 16 heteroatoms. The van der Waals surface area contributed by atoms with E-state index in [0.29, 0.717) is 32.1 Å². The van der Waals surface area contributed by atoms with Crippen LogP contribution in [0.15, 0.2) is 0 Å². The van der Waals surface area contributed by atoms with Crippen molar-refractivity contribution in [3.05, 3.63) is 0 Å². The SMILES string of the molecule is CC.CC(NC(=O)C(F)(F)F)C(=O)N1CCCC1C.CCCCCC#CC1CC1S(=O)OCC.CO.CSCCOC=O.[B]S. The number of nitrogens with zero attached hydrogens (tertiary/aromatic N) is 1. The third-order valence-electron chi connectivity index (χ3n) is 5.69. The van der Waals surface area contributed by atoms with Crippen LogP contribution in [-0.4, -0.2) is 102 Å². The Morgan fingerprint density at radius 2 is 1.84 bits per heavy atom. The molecule has 9 nitrogen and oxygen atoms in total. The lowest BCUT2D eigenvalue weighted by molar-refractivity contribution is -0.175. The Labute approximate surface area is 282 Å². The molecule has 0 bridgehead atoms. The third kappa shape index (κ3) is 27.4. The molecule has 0 spiro atoms. The van der Waals surface area contributed by atoms with E-state index in [1.165, 1.54) is 31.1 Å². The van der Waals surface area contributed by atoms with Crippen molar-refractivity contribution in [2.24, 2.45) is 5.92 Å². The van der Waals surface area contributed by atoms with Crippen molar-refractivity contribution in [2.75, 3.05) is 38.9 Å². The number of thioether (sulfide) groups is 1. The standard InChI is InChI=1S/C12H20O2S.C10H15F3N2O2.C4H8O2S.C2H6.CH4O.BHS/c1-3-5-6-7-8-9-11-10-12(11)15(13)14-4-2;1-6-4-3-5-15(6)8(16)7(2)14-9(17)10(11,12)13;1-7-3-2-6-4-5;3*1-2/h11-12H,3-7,10H2,1-2H3;6-7H,3-5H2,1-2H3,(H,14,17);4H,2-3H2,1H3;1-2H3;2H,1H3;2H. The van der Waals surface area contributed by atoms with E-state index in [1.807, 2.05) is 34.0 Å². The first kappa shape index (κ1) is 50.5. The molecule has 45 heavy (non-hydrogen) atoms. The summed E-state index contributed by atoms with van der Waals surface area (Å²) in [6, 6.07) is -1.13. The number of nitrogens with one attached hydrogen (secondary N) is 1. The van der Waals surface area contributed by atoms with Crippen molar-refractivity contribution in [3.63, 3.8) is 0 Å². The van der Waals surface area contributed by atoms with Crippen molar-refractivity contribution in [1.82, 2.24) is 10.2 Å². The summed E-state index contributed by atoms with van der Waals surface area (Å²) in [4.78, 5) is 33.4. The van der Waals surface area contributed by atoms with Gasteiger partial charge in [0.2, 0.25) is 5.91 Å². The fourth-order valence-corrected chi connectivity index (χ4v) is 4.81. The molecule has 264 valence electrons. The fraction of sp³-hybridized carbons (Fsp3) is 0.828. The number of hydrogen-bond acceptors (Lipinski definition) is 9. The Morgan fingerprint density at radius 1 is 1.24 bits per heavy atom. The highest BCUT2D eigenvalue weighted by Crippen LogP contribution is 2.35. The molecule has 0 aromatic carbocycles. The molecule has 0 aromatic heterocycles. The predicted octanol–water partition coefficient (Wildman–Crippen LogP) is 4.88. The van der Waals surface area contributed by atoms with Gasteiger partial charge in [0, 0.05) is 37.8 Å². The van der Waals surface area contributed by atoms with E-state index in [-0.39, 0.29) is 11.3 Å². The van der Waals surface area contributed by atoms with Crippen molar-refractivity contribution >= 4 is 60.7 Å². The number of alkyl halides is 3. The number of unbranched alkanes of at least 4 members (excludes halogenated alkanes) is 3. The monoisotopic (exact) mass is 706 g/mol. The van der Waals surface area contributed by atoms with Gasteiger partial charge in [0.25, 0.3) is 6.47 Å². The van der Waals surface area contributed by atoms with Crippen molar-refractivity contribution < 1.29 is 45.8 Å². The maximum atomic E-state index is 12.0. The van der Waals surface area contributed by atoms with Gasteiger partial charge in [0.15, 0.2) is 18.2 Å². The fourth-order valence-electron chi connectivity index (χ4n) is 3.44. The molecule has 1 aliphatic heterocycles. The summed E-state index contributed by atoms with van der Waals surface area (Å²) in [7, 11) is 5.19. The summed E-state index contributed by atoms with van der Waals surface area (Å²) < 4.78 is 56.8. The van der Waals surface area contributed by atoms with Crippen LogP contribution in [0.25, 0.3) is 0 Å². The van der Waals surface area contributed by atoms with Crippen LogP contribution < -0.4 is 5.32 Å². The lowest BCUT2D eigenvalue weighted by Gasteiger charge is -2.25. The third-order valence-corrected chi connectivity index (χ3v) is 7.75. The molecule has 2 N–H and O–H groups in total. The minimum atomic E-state index is -4.95. The normalized spacial score (nSPS) is 18.6. The number of thiol groups is 1. The van der Waals surface area contributed by atoms with Crippen LogP contribution in [0.5, 0.6) is 0 Å². The van der Waals surface area contributed by atoms with Crippen LogP contribution in [0.1, 0.15) is 86.5 Å². The zero-order valence-electron chi connectivity index (χ0n) is 28.0.